The van der Waals surface area contributed by atoms with Gasteiger partial charge in [-0.15, -0.1) is 0 Å². The van der Waals surface area contributed by atoms with Gasteiger partial charge in [-0.25, -0.2) is 19.6 Å². The zero-order valence-electron chi connectivity index (χ0n) is 37.7. The fourth-order valence-corrected chi connectivity index (χ4v) is 9.61. The average Bonchev–Trinajstić information content (AvgIpc) is 4.14. The molecule has 0 radical (unpaired) electrons. The number of hydrogen-bond acceptors (Lipinski definition) is 11. The number of ether oxygens (including phenoxy) is 5. The Labute approximate surface area is 371 Å². The molecule has 8 atom stereocenters. The lowest BCUT2D eigenvalue weighted by atomic mass is 9.92. The number of methoxy groups -OCH3 is 4. The van der Waals surface area contributed by atoms with E-state index in [0.29, 0.717) is 44.2 Å². The van der Waals surface area contributed by atoms with Crippen molar-refractivity contribution in [1.82, 2.24) is 40.4 Å². The number of H-pyrrole nitrogens is 2. The molecule has 5 heterocycles. The third kappa shape index (κ3) is 8.33. The average molecular weight is 879 g/mol. The van der Waals surface area contributed by atoms with Gasteiger partial charge in [-0.05, 0) is 85.4 Å². The molecule has 64 heavy (non-hydrogen) atoms. The van der Waals surface area contributed by atoms with Gasteiger partial charge < -0.3 is 54.1 Å². The Bertz CT molecular complexity index is 2560. The first-order chi connectivity index (χ1) is 30.9. The number of aromatic amines is 2. The van der Waals surface area contributed by atoms with Gasteiger partial charge in [0.2, 0.25) is 11.8 Å². The zero-order valence-corrected chi connectivity index (χ0v) is 37.7. The number of nitrogens with one attached hydrogen (secondary N) is 4. The van der Waals surface area contributed by atoms with E-state index in [1.54, 1.807) is 18.9 Å². The van der Waals surface area contributed by atoms with Gasteiger partial charge in [0.1, 0.15) is 36.1 Å². The van der Waals surface area contributed by atoms with Gasteiger partial charge in [-0.2, -0.15) is 0 Å². The van der Waals surface area contributed by atoms with Crippen LogP contribution in [0.5, 0.6) is 5.75 Å². The quantitative estimate of drug-likeness (QED) is 0.0971. The Kier molecular flexibility index (Phi) is 12.8. The number of carbonyl (C=O) groups excluding carboxylic acids is 4. The number of amides is 4. The first kappa shape index (κ1) is 44.4. The van der Waals surface area contributed by atoms with Crippen molar-refractivity contribution in [2.75, 3.05) is 41.6 Å². The molecule has 2 fully saturated rings. The van der Waals surface area contributed by atoms with Crippen molar-refractivity contribution in [2.24, 2.45) is 11.8 Å². The summed E-state index contributed by atoms with van der Waals surface area (Å²) in [4.78, 5) is 73.2. The van der Waals surface area contributed by atoms with E-state index in [-0.39, 0.29) is 35.7 Å². The summed E-state index contributed by atoms with van der Waals surface area (Å²) in [6.45, 7) is 8.97. The second-order valence-electron chi connectivity index (χ2n) is 17.3. The number of alkyl carbamates (subject to hydrolysis) is 2. The highest BCUT2D eigenvalue weighted by molar-refractivity contribution is 6.07. The number of likely N-dealkylation sites (tertiary alicyclic amines) is 2. The summed E-state index contributed by atoms with van der Waals surface area (Å²) in [6, 6.07) is 12.2. The Morgan fingerprint density at radius 2 is 1.66 bits per heavy atom. The van der Waals surface area contributed by atoms with Crippen LogP contribution in [0.2, 0.25) is 0 Å². The van der Waals surface area contributed by atoms with E-state index < -0.39 is 36.4 Å². The summed E-state index contributed by atoms with van der Waals surface area (Å²) in [5.41, 5.74) is 6.44. The summed E-state index contributed by atoms with van der Waals surface area (Å²) in [7, 11) is 5.69. The number of imidazole rings is 2. The lowest BCUT2D eigenvalue weighted by Gasteiger charge is -2.33. The second-order valence-corrected chi connectivity index (χ2v) is 17.3. The van der Waals surface area contributed by atoms with Crippen molar-refractivity contribution in [3.8, 4) is 28.1 Å². The van der Waals surface area contributed by atoms with Crippen molar-refractivity contribution >= 4 is 45.8 Å². The molecule has 8 rings (SSSR count). The molecule has 3 aliphatic rings. The summed E-state index contributed by atoms with van der Waals surface area (Å²) in [6.07, 6.45) is 2.75. The second kappa shape index (κ2) is 18.5. The minimum Gasteiger partial charge on any atom is -0.488 e. The Morgan fingerprint density at radius 3 is 2.38 bits per heavy atom. The van der Waals surface area contributed by atoms with Crippen LogP contribution in [0.1, 0.15) is 82.7 Å². The van der Waals surface area contributed by atoms with Crippen molar-refractivity contribution in [3.63, 3.8) is 0 Å². The zero-order chi connectivity index (χ0) is 45.4. The first-order valence-corrected chi connectivity index (χ1v) is 22.0. The minimum atomic E-state index is -0.971. The van der Waals surface area contributed by atoms with Gasteiger partial charge in [-0.3, -0.25) is 9.59 Å². The molecule has 3 aliphatic heterocycles. The highest BCUT2D eigenvalue weighted by Gasteiger charge is 2.43. The van der Waals surface area contributed by atoms with E-state index >= 15 is 0 Å². The summed E-state index contributed by atoms with van der Waals surface area (Å²) in [5.74, 6) is 1.63. The van der Waals surface area contributed by atoms with Crippen LogP contribution in [0, 0.1) is 11.8 Å². The largest absolute Gasteiger partial charge is 0.488 e. The lowest BCUT2D eigenvalue weighted by molar-refractivity contribution is -0.138. The molecule has 0 bridgehead atoms. The number of rotatable bonds is 13. The molecule has 0 aliphatic carbocycles. The monoisotopic (exact) mass is 878 g/mol. The van der Waals surface area contributed by atoms with Crippen molar-refractivity contribution in [2.45, 2.75) is 96.3 Å². The van der Waals surface area contributed by atoms with Crippen molar-refractivity contribution < 1.29 is 42.9 Å². The Hall–Kier alpha value is -6.20. The summed E-state index contributed by atoms with van der Waals surface area (Å²) >= 11 is 0. The van der Waals surface area contributed by atoms with E-state index in [1.165, 1.54) is 21.3 Å². The molecular formula is C47H58N8O9. The van der Waals surface area contributed by atoms with Crippen LogP contribution in [-0.2, 0) is 35.1 Å². The van der Waals surface area contributed by atoms with Gasteiger partial charge in [0, 0.05) is 43.7 Å². The number of carbonyl (C=O) groups is 4. The maximum atomic E-state index is 14.1. The molecule has 3 aromatic carbocycles. The molecular weight excluding hydrogens is 821 g/mol. The van der Waals surface area contributed by atoms with Gasteiger partial charge in [0.05, 0.1) is 61.9 Å². The molecule has 0 saturated carbocycles. The van der Waals surface area contributed by atoms with Gasteiger partial charge in [0.25, 0.3) is 0 Å². The van der Waals surface area contributed by atoms with Gasteiger partial charge in [0.15, 0.2) is 0 Å². The van der Waals surface area contributed by atoms with Crippen molar-refractivity contribution in [1.29, 1.82) is 0 Å². The first-order valence-electron chi connectivity index (χ1n) is 22.0. The molecule has 2 aromatic heterocycles. The van der Waals surface area contributed by atoms with Crippen LogP contribution in [0.25, 0.3) is 44.2 Å². The summed E-state index contributed by atoms with van der Waals surface area (Å²) in [5, 5.41) is 7.37. The molecule has 1 unspecified atom stereocenters. The van der Waals surface area contributed by atoms with Crippen LogP contribution in [-0.4, -0.2) is 120 Å². The van der Waals surface area contributed by atoms with Crippen LogP contribution >= 0.6 is 0 Å². The Balaban J connectivity index is 1.05. The normalized spacial score (nSPS) is 21.1. The molecule has 4 amide bonds. The molecule has 17 heteroatoms. The standard InChI is InChI=1S/C47H58N8O9/c1-9-24(2)39(52-46(58)62-7)45(57)55-25(3)10-15-36(55)42-48-20-35(50-42)29-11-13-31-30(17-29)23-64-38-19-32-28(18-33(31)38)12-14-34-41(32)51-43(49-34)37-16-27(22-60-5)21-54(37)44(56)40(26(4)61-6)53-47(59)63-8/h11-14,17-20,24-27,36-37,39-40H,9-10,15-16,21-23H2,1-8H3,(H,48,50)(H,49,51)(H,52,58)(H,53,59)/t24-,25-,26+,27-,36-,37-,39-,40?/m0/s1. The highest BCUT2D eigenvalue weighted by atomic mass is 16.5. The third-order valence-corrected chi connectivity index (χ3v) is 13.4. The van der Waals surface area contributed by atoms with Crippen molar-refractivity contribution in [3.05, 3.63) is 65.9 Å². The topological polar surface area (TPSA) is 202 Å². The number of aromatic nitrogens is 4. The molecule has 5 aromatic rings. The molecule has 2 saturated heterocycles. The van der Waals surface area contributed by atoms with Crippen LogP contribution < -0.4 is 15.4 Å². The predicted molar refractivity (Wildman–Crippen MR) is 238 cm³/mol. The molecule has 4 N–H and O–H groups in total. The SMILES string of the molecule is CC[C@H](C)[C@H](NC(=O)OC)C(=O)N1[C@@H](C)CC[C@H]1c1ncc(-c2ccc3c(c2)COc2cc4c(ccc5nc([C@@H]6C[C@H](COC)CN6C(=O)C(NC(=O)OC)[C@@H](C)OC)[nH]c54)cc2-3)[nH]1. The van der Waals surface area contributed by atoms with E-state index in [4.69, 9.17) is 33.7 Å². The predicted octanol–water partition coefficient (Wildman–Crippen LogP) is 6.78. The maximum Gasteiger partial charge on any atom is 0.407 e. The summed E-state index contributed by atoms with van der Waals surface area (Å²) < 4.78 is 27.1. The fraction of sp³-hybridized carbons (Fsp3) is 0.489. The van der Waals surface area contributed by atoms with Crippen LogP contribution in [0.3, 0.4) is 0 Å². The molecule has 17 nitrogen and oxygen atoms in total. The van der Waals surface area contributed by atoms with Crippen LogP contribution in [0.4, 0.5) is 9.59 Å². The number of hydrogen-bond donors (Lipinski definition) is 4. The molecule has 0 spiro atoms. The van der Waals surface area contributed by atoms with Gasteiger partial charge >= 0.3 is 12.2 Å². The number of benzene rings is 3. The van der Waals surface area contributed by atoms with E-state index in [0.717, 1.165) is 68.3 Å². The third-order valence-electron chi connectivity index (χ3n) is 13.4. The Morgan fingerprint density at radius 1 is 0.891 bits per heavy atom. The minimum absolute atomic E-state index is 0.0239. The van der Waals surface area contributed by atoms with E-state index in [2.05, 4.69) is 50.9 Å². The smallest absolute Gasteiger partial charge is 0.407 e. The highest BCUT2D eigenvalue weighted by Crippen LogP contribution is 2.44. The lowest BCUT2D eigenvalue weighted by Crippen LogP contribution is -2.54. The maximum absolute atomic E-state index is 14.1. The fourth-order valence-electron chi connectivity index (χ4n) is 9.61. The van der Waals surface area contributed by atoms with Crippen LogP contribution in [0.15, 0.2) is 48.7 Å². The number of nitrogens with zero attached hydrogens (tertiary/aromatic N) is 4. The van der Waals surface area contributed by atoms with E-state index in [9.17, 15) is 19.2 Å². The van der Waals surface area contributed by atoms with Gasteiger partial charge in [-0.1, -0.05) is 38.5 Å². The molecule has 340 valence electrons. The van der Waals surface area contributed by atoms with E-state index in [1.807, 2.05) is 44.0 Å². The number of fused-ring (bicyclic) bond motifs is 6.